The first-order valence-electron chi connectivity index (χ1n) is 8.41. The lowest BCUT2D eigenvalue weighted by Gasteiger charge is -2.09. The van der Waals surface area contributed by atoms with Crippen LogP contribution in [0.25, 0.3) is 11.5 Å². The van der Waals surface area contributed by atoms with Crippen LogP contribution in [0.3, 0.4) is 0 Å². The standard InChI is InChI=1S/C20H21N3O3/c1-12(2)25-17-9-7-15(8-10-17)18(24)21-20-23-22-19(26-20)16-6-5-13(3)14(4)11-16/h5-12H,1-4H3,(H,21,23,24). The summed E-state index contributed by atoms with van der Waals surface area (Å²) in [5.74, 6) is 0.756. The molecule has 1 amide bonds. The van der Waals surface area contributed by atoms with Gasteiger partial charge in [0.1, 0.15) is 5.75 Å². The summed E-state index contributed by atoms with van der Waals surface area (Å²) in [6.45, 7) is 7.95. The van der Waals surface area contributed by atoms with Crippen LogP contribution in [0.5, 0.6) is 5.75 Å². The summed E-state index contributed by atoms with van der Waals surface area (Å²) in [6.07, 6.45) is 0.0805. The molecule has 2 aromatic carbocycles. The first-order chi connectivity index (χ1) is 12.4. The molecule has 134 valence electrons. The molecular formula is C20H21N3O3. The molecule has 26 heavy (non-hydrogen) atoms. The molecule has 0 aliphatic carbocycles. The molecule has 0 spiro atoms. The van der Waals surface area contributed by atoms with Crippen molar-refractivity contribution in [3.05, 3.63) is 59.2 Å². The highest BCUT2D eigenvalue weighted by molar-refractivity contribution is 6.03. The van der Waals surface area contributed by atoms with E-state index in [1.807, 2.05) is 45.9 Å². The van der Waals surface area contributed by atoms with E-state index in [1.54, 1.807) is 24.3 Å². The molecule has 3 aromatic rings. The molecule has 6 nitrogen and oxygen atoms in total. The van der Waals surface area contributed by atoms with Gasteiger partial charge in [-0.05, 0) is 75.2 Å². The van der Waals surface area contributed by atoms with Crippen molar-refractivity contribution in [1.82, 2.24) is 10.2 Å². The van der Waals surface area contributed by atoms with Gasteiger partial charge in [-0.1, -0.05) is 11.2 Å². The van der Waals surface area contributed by atoms with E-state index in [9.17, 15) is 4.79 Å². The number of carbonyl (C=O) groups excluding carboxylic acids is 1. The molecule has 1 heterocycles. The van der Waals surface area contributed by atoms with Gasteiger partial charge >= 0.3 is 6.01 Å². The van der Waals surface area contributed by atoms with Crippen LogP contribution >= 0.6 is 0 Å². The van der Waals surface area contributed by atoms with Crippen LogP contribution in [0.1, 0.15) is 35.3 Å². The van der Waals surface area contributed by atoms with E-state index < -0.39 is 0 Å². The summed E-state index contributed by atoms with van der Waals surface area (Å²) in [6, 6.07) is 12.8. The fourth-order valence-electron chi connectivity index (χ4n) is 2.39. The summed E-state index contributed by atoms with van der Waals surface area (Å²) < 4.78 is 11.1. The monoisotopic (exact) mass is 351 g/mol. The lowest BCUT2D eigenvalue weighted by molar-refractivity contribution is 0.102. The third-order valence-electron chi connectivity index (χ3n) is 3.89. The molecule has 0 radical (unpaired) electrons. The molecule has 0 bridgehead atoms. The van der Waals surface area contributed by atoms with Crippen molar-refractivity contribution in [2.24, 2.45) is 0 Å². The van der Waals surface area contributed by atoms with Gasteiger partial charge in [0.2, 0.25) is 5.89 Å². The van der Waals surface area contributed by atoms with Crippen molar-refractivity contribution in [2.75, 3.05) is 5.32 Å². The normalized spacial score (nSPS) is 10.8. The number of carbonyl (C=O) groups is 1. The molecule has 0 saturated heterocycles. The summed E-state index contributed by atoms with van der Waals surface area (Å²) in [7, 11) is 0. The van der Waals surface area contributed by atoms with Crippen LogP contribution in [-0.4, -0.2) is 22.2 Å². The highest BCUT2D eigenvalue weighted by atomic mass is 16.5. The van der Waals surface area contributed by atoms with Gasteiger partial charge in [-0.25, -0.2) is 0 Å². The third kappa shape index (κ3) is 4.08. The Labute approximate surface area is 152 Å². The Kier molecular flexibility index (Phi) is 5.02. The number of nitrogens with one attached hydrogen (secondary N) is 1. The molecule has 0 unspecified atom stereocenters. The zero-order valence-electron chi connectivity index (χ0n) is 15.2. The van der Waals surface area contributed by atoms with Crippen LogP contribution in [0, 0.1) is 13.8 Å². The minimum Gasteiger partial charge on any atom is -0.491 e. The minimum atomic E-state index is -0.323. The summed E-state index contributed by atoms with van der Waals surface area (Å²) in [5, 5.41) is 10.5. The molecule has 3 rings (SSSR count). The Balaban J connectivity index is 1.70. The third-order valence-corrected chi connectivity index (χ3v) is 3.89. The van der Waals surface area contributed by atoms with Crippen LogP contribution in [0.2, 0.25) is 0 Å². The molecule has 1 aromatic heterocycles. The van der Waals surface area contributed by atoms with E-state index in [1.165, 1.54) is 5.56 Å². The van der Waals surface area contributed by atoms with Gasteiger partial charge in [0, 0.05) is 11.1 Å². The van der Waals surface area contributed by atoms with Gasteiger partial charge in [-0.15, -0.1) is 5.10 Å². The van der Waals surface area contributed by atoms with E-state index in [4.69, 9.17) is 9.15 Å². The van der Waals surface area contributed by atoms with Gasteiger partial charge < -0.3 is 9.15 Å². The van der Waals surface area contributed by atoms with Gasteiger partial charge in [-0.3, -0.25) is 10.1 Å². The Morgan fingerprint density at radius 3 is 2.42 bits per heavy atom. The number of hydrogen-bond acceptors (Lipinski definition) is 5. The lowest BCUT2D eigenvalue weighted by atomic mass is 10.1. The summed E-state index contributed by atoms with van der Waals surface area (Å²) in [4.78, 5) is 12.3. The van der Waals surface area contributed by atoms with E-state index in [-0.39, 0.29) is 18.0 Å². The van der Waals surface area contributed by atoms with E-state index in [0.717, 1.165) is 11.1 Å². The molecule has 0 aliphatic rings. The number of amides is 1. The molecule has 0 fully saturated rings. The van der Waals surface area contributed by atoms with E-state index >= 15 is 0 Å². The quantitative estimate of drug-likeness (QED) is 0.737. The molecule has 1 N–H and O–H groups in total. The van der Waals surface area contributed by atoms with Crippen LogP contribution in [-0.2, 0) is 0 Å². The summed E-state index contributed by atoms with van der Waals surface area (Å²) in [5.41, 5.74) is 3.62. The topological polar surface area (TPSA) is 77.2 Å². The Bertz CT molecular complexity index is 914. The van der Waals surface area contributed by atoms with Crippen LogP contribution in [0.4, 0.5) is 6.01 Å². The molecule has 6 heteroatoms. The van der Waals surface area contributed by atoms with E-state index in [0.29, 0.717) is 17.2 Å². The highest BCUT2D eigenvalue weighted by Crippen LogP contribution is 2.23. The lowest BCUT2D eigenvalue weighted by Crippen LogP contribution is -2.12. The average Bonchev–Trinajstić information content (AvgIpc) is 3.06. The van der Waals surface area contributed by atoms with Crippen molar-refractivity contribution >= 4 is 11.9 Å². The second-order valence-corrected chi connectivity index (χ2v) is 6.36. The fraction of sp³-hybridized carbons (Fsp3) is 0.250. The molecular weight excluding hydrogens is 330 g/mol. The Morgan fingerprint density at radius 2 is 1.77 bits per heavy atom. The number of nitrogens with zero attached hydrogens (tertiary/aromatic N) is 2. The number of aromatic nitrogens is 2. The fourth-order valence-corrected chi connectivity index (χ4v) is 2.39. The molecule has 0 atom stereocenters. The van der Waals surface area contributed by atoms with E-state index in [2.05, 4.69) is 15.5 Å². The predicted molar refractivity (Wildman–Crippen MR) is 99.4 cm³/mol. The second kappa shape index (κ2) is 7.39. The van der Waals surface area contributed by atoms with Crippen molar-refractivity contribution in [3.63, 3.8) is 0 Å². The maximum absolute atomic E-state index is 12.3. The second-order valence-electron chi connectivity index (χ2n) is 6.36. The van der Waals surface area contributed by atoms with Crippen LogP contribution < -0.4 is 10.1 Å². The zero-order chi connectivity index (χ0) is 18.7. The molecule has 0 aliphatic heterocycles. The number of ether oxygens (including phenoxy) is 1. The number of benzene rings is 2. The number of aryl methyl sites for hydroxylation is 2. The number of hydrogen-bond donors (Lipinski definition) is 1. The Morgan fingerprint density at radius 1 is 1.04 bits per heavy atom. The van der Waals surface area contributed by atoms with Crippen molar-refractivity contribution in [1.29, 1.82) is 0 Å². The largest absolute Gasteiger partial charge is 0.491 e. The zero-order valence-corrected chi connectivity index (χ0v) is 15.2. The van der Waals surface area contributed by atoms with Gasteiger partial charge in [0.25, 0.3) is 5.91 Å². The Hall–Kier alpha value is -3.15. The first-order valence-corrected chi connectivity index (χ1v) is 8.41. The first kappa shape index (κ1) is 17.7. The van der Waals surface area contributed by atoms with Crippen molar-refractivity contribution < 1.29 is 13.9 Å². The van der Waals surface area contributed by atoms with Gasteiger partial charge in [0.15, 0.2) is 0 Å². The van der Waals surface area contributed by atoms with Gasteiger partial charge in [-0.2, -0.15) is 0 Å². The maximum Gasteiger partial charge on any atom is 0.322 e. The summed E-state index contributed by atoms with van der Waals surface area (Å²) >= 11 is 0. The van der Waals surface area contributed by atoms with Crippen molar-refractivity contribution in [3.8, 4) is 17.2 Å². The SMILES string of the molecule is Cc1ccc(-c2nnc(NC(=O)c3ccc(OC(C)C)cc3)o2)cc1C. The van der Waals surface area contributed by atoms with Crippen molar-refractivity contribution in [2.45, 2.75) is 33.8 Å². The molecule has 0 saturated carbocycles. The average molecular weight is 351 g/mol. The smallest absolute Gasteiger partial charge is 0.322 e. The number of anilines is 1. The minimum absolute atomic E-state index is 0.0609. The van der Waals surface area contributed by atoms with Gasteiger partial charge in [0.05, 0.1) is 6.10 Å². The predicted octanol–water partition coefficient (Wildman–Crippen LogP) is 4.39. The number of rotatable bonds is 5. The van der Waals surface area contributed by atoms with Crippen LogP contribution in [0.15, 0.2) is 46.9 Å². The maximum atomic E-state index is 12.3. The highest BCUT2D eigenvalue weighted by Gasteiger charge is 2.13.